The zero-order valence-electron chi connectivity index (χ0n) is 10.8. The molecule has 19 heavy (non-hydrogen) atoms. The predicted octanol–water partition coefficient (Wildman–Crippen LogP) is 1.84. The average molecular weight is 257 g/mol. The molecule has 1 aromatic carbocycles. The molecule has 3 nitrogen and oxygen atoms in total. The minimum Gasteiger partial charge on any atom is -0.368 e. The highest BCUT2D eigenvalue weighted by atomic mass is 19.1. The number of piperazine rings is 1. The van der Waals surface area contributed by atoms with Gasteiger partial charge in [0.1, 0.15) is 17.4 Å². The number of terminal acetylenes is 1. The van der Waals surface area contributed by atoms with Crippen LogP contribution < -0.4 is 4.90 Å². The third-order valence-electron chi connectivity index (χ3n) is 3.39. The molecule has 1 fully saturated rings. The fourth-order valence-corrected chi connectivity index (χ4v) is 2.32. The van der Waals surface area contributed by atoms with Crippen molar-refractivity contribution in [2.24, 2.45) is 0 Å². The SMILES string of the molecule is C#CCCN1CCN(c2cccc(F)c2C#N)CC1. The van der Waals surface area contributed by atoms with Gasteiger partial charge in [-0.2, -0.15) is 5.26 Å². The molecule has 1 aliphatic rings. The fourth-order valence-electron chi connectivity index (χ4n) is 2.32. The van der Waals surface area contributed by atoms with E-state index in [1.165, 1.54) is 6.07 Å². The maximum atomic E-state index is 13.6. The van der Waals surface area contributed by atoms with Gasteiger partial charge in [-0.05, 0) is 12.1 Å². The fraction of sp³-hybridized carbons (Fsp3) is 0.400. The molecule has 1 aliphatic heterocycles. The normalized spacial score (nSPS) is 15.8. The van der Waals surface area contributed by atoms with Crippen molar-refractivity contribution in [1.29, 1.82) is 5.26 Å². The molecule has 0 amide bonds. The van der Waals surface area contributed by atoms with Crippen molar-refractivity contribution in [2.45, 2.75) is 6.42 Å². The zero-order chi connectivity index (χ0) is 13.7. The van der Waals surface area contributed by atoms with Gasteiger partial charge in [-0.25, -0.2) is 4.39 Å². The summed E-state index contributed by atoms with van der Waals surface area (Å²) >= 11 is 0. The van der Waals surface area contributed by atoms with E-state index in [1.807, 2.05) is 6.07 Å². The van der Waals surface area contributed by atoms with E-state index in [0.29, 0.717) is 5.69 Å². The lowest BCUT2D eigenvalue weighted by Crippen LogP contribution is -2.46. The highest BCUT2D eigenvalue weighted by Gasteiger charge is 2.20. The number of nitriles is 1. The van der Waals surface area contributed by atoms with Gasteiger partial charge in [0.25, 0.3) is 0 Å². The van der Waals surface area contributed by atoms with Gasteiger partial charge in [0.15, 0.2) is 0 Å². The highest BCUT2D eigenvalue weighted by Crippen LogP contribution is 2.23. The molecular weight excluding hydrogens is 241 g/mol. The number of anilines is 1. The van der Waals surface area contributed by atoms with Crippen LogP contribution in [0.25, 0.3) is 0 Å². The molecule has 0 spiro atoms. The van der Waals surface area contributed by atoms with Crippen LogP contribution >= 0.6 is 0 Å². The molecular formula is C15H16FN3. The van der Waals surface area contributed by atoms with Crippen LogP contribution in [0.15, 0.2) is 18.2 Å². The molecule has 1 saturated heterocycles. The van der Waals surface area contributed by atoms with E-state index in [9.17, 15) is 4.39 Å². The molecule has 0 unspecified atom stereocenters. The highest BCUT2D eigenvalue weighted by molar-refractivity contribution is 5.60. The number of nitrogens with zero attached hydrogens (tertiary/aromatic N) is 3. The minimum atomic E-state index is -0.449. The summed E-state index contributed by atoms with van der Waals surface area (Å²) < 4.78 is 13.6. The Balaban J connectivity index is 2.05. The monoisotopic (exact) mass is 257 g/mol. The van der Waals surface area contributed by atoms with Crippen molar-refractivity contribution in [3.05, 3.63) is 29.6 Å². The summed E-state index contributed by atoms with van der Waals surface area (Å²) in [6.45, 7) is 4.27. The number of halogens is 1. The molecule has 0 N–H and O–H groups in total. The minimum absolute atomic E-state index is 0.138. The van der Waals surface area contributed by atoms with Gasteiger partial charge in [0.2, 0.25) is 0 Å². The van der Waals surface area contributed by atoms with E-state index in [-0.39, 0.29) is 5.56 Å². The Morgan fingerprint density at radius 2 is 2.00 bits per heavy atom. The molecule has 2 rings (SSSR count). The summed E-state index contributed by atoms with van der Waals surface area (Å²) in [5.41, 5.74) is 0.832. The maximum Gasteiger partial charge on any atom is 0.143 e. The quantitative estimate of drug-likeness (QED) is 0.774. The molecule has 0 atom stereocenters. The van der Waals surface area contributed by atoms with Gasteiger partial charge in [0.05, 0.1) is 5.69 Å². The standard InChI is InChI=1S/C15H16FN3/c1-2-3-7-18-8-10-19(11-9-18)15-6-4-5-14(16)13(15)12-17/h1,4-6H,3,7-11H2. The second kappa shape index (κ2) is 6.22. The van der Waals surface area contributed by atoms with Crippen molar-refractivity contribution in [3.8, 4) is 18.4 Å². The third kappa shape index (κ3) is 3.05. The molecule has 4 heteroatoms. The molecule has 0 radical (unpaired) electrons. The van der Waals surface area contributed by atoms with Gasteiger partial charge in [-0.15, -0.1) is 12.3 Å². The van der Waals surface area contributed by atoms with E-state index in [1.54, 1.807) is 12.1 Å². The van der Waals surface area contributed by atoms with E-state index in [4.69, 9.17) is 11.7 Å². The molecule has 0 saturated carbocycles. The summed E-state index contributed by atoms with van der Waals surface area (Å²) in [5, 5.41) is 9.05. The van der Waals surface area contributed by atoms with E-state index in [2.05, 4.69) is 15.7 Å². The Morgan fingerprint density at radius 3 is 2.63 bits per heavy atom. The van der Waals surface area contributed by atoms with Gasteiger partial charge < -0.3 is 4.90 Å². The van der Waals surface area contributed by atoms with E-state index >= 15 is 0 Å². The van der Waals surface area contributed by atoms with Crippen LogP contribution in [-0.4, -0.2) is 37.6 Å². The lowest BCUT2D eigenvalue weighted by atomic mass is 10.1. The van der Waals surface area contributed by atoms with Crippen molar-refractivity contribution < 1.29 is 4.39 Å². The summed E-state index contributed by atoms with van der Waals surface area (Å²) in [6.07, 6.45) is 6.01. The lowest BCUT2D eigenvalue weighted by Gasteiger charge is -2.36. The molecule has 0 bridgehead atoms. The number of rotatable bonds is 3. The lowest BCUT2D eigenvalue weighted by molar-refractivity contribution is 0.264. The second-order valence-electron chi connectivity index (χ2n) is 4.53. The molecule has 1 aromatic rings. The Kier molecular flexibility index (Phi) is 4.39. The first-order chi connectivity index (χ1) is 9.26. The topological polar surface area (TPSA) is 30.3 Å². The molecule has 98 valence electrons. The van der Waals surface area contributed by atoms with Gasteiger partial charge in [0, 0.05) is 39.1 Å². The maximum absolute atomic E-state index is 13.6. The van der Waals surface area contributed by atoms with Crippen LogP contribution in [0, 0.1) is 29.5 Å². The Hall–Kier alpha value is -2.04. The van der Waals surface area contributed by atoms with Gasteiger partial charge in [-0.3, -0.25) is 4.90 Å². The Bertz CT molecular complexity index is 519. The van der Waals surface area contributed by atoms with Crippen LogP contribution in [0.2, 0.25) is 0 Å². The largest absolute Gasteiger partial charge is 0.368 e. The smallest absolute Gasteiger partial charge is 0.143 e. The second-order valence-corrected chi connectivity index (χ2v) is 4.53. The number of benzene rings is 1. The predicted molar refractivity (Wildman–Crippen MR) is 73.2 cm³/mol. The Morgan fingerprint density at radius 1 is 1.26 bits per heavy atom. The average Bonchev–Trinajstić information content (AvgIpc) is 2.45. The zero-order valence-corrected chi connectivity index (χ0v) is 10.8. The summed E-state index contributed by atoms with van der Waals surface area (Å²) in [7, 11) is 0. The summed E-state index contributed by atoms with van der Waals surface area (Å²) in [6, 6.07) is 6.73. The summed E-state index contributed by atoms with van der Waals surface area (Å²) in [5.74, 6) is 2.19. The van der Waals surface area contributed by atoms with Crippen LogP contribution in [0.4, 0.5) is 10.1 Å². The van der Waals surface area contributed by atoms with Crippen LogP contribution in [0.5, 0.6) is 0 Å². The van der Waals surface area contributed by atoms with Crippen molar-refractivity contribution in [3.63, 3.8) is 0 Å². The van der Waals surface area contributed by atoms with E-state index < -0.39 is 5.82 Å². The van der Waals surface area contributed by atoms with Crippen LogP contribution in [0.1, 0.15) is 12.0 Å². The first kappa shape index (κ1) is 13.4. The molecule has 0 aliphatic carbocycles. The van der Waals surface area contributed by atoms with Crippen molar-refractivity contribution in [1.82, 2.24) is 4.90 Å². The van der Waals surface area contributed by atoms with Gasteiger partial charge >= 0.3 is 0 Å². The first-order valence-corrected chi connectivity index (χ1v) is 6.35. The summed E-state index contributed by atoms with van der Waals surface area (Å²) in [4.78, 5) is 4.36. The first-order valence-electron chi connectivity index (χ1n) is 6.35. The van der Waals surface area contributed by atoms with Gasteiger partial charge in [-0.1, -0.05) is 6.07 Å². The number of hydrogen-bond donors (Lipinski definition) is 0. The van der Waals surface area contributed by atoms with E-state index in [0.717, 1.165) is 39.1 Å². The van der Waals surface area contributed by atoms with Crippen molar-refractivity contribution >= 4 is 5.69 Å². The molecule has 1 heterocycles. The number of hydrogen-bond acceptors (Lipinski definition) is 3. The van der Waals surface area contributed by atoms with Crippen LogP contribution in [0.3, 0.4) is 0 Å². The third-order valence-corrected chi connectivity index (χ3v) is 3.39. The van der Waals surface area contributed by atoms with Crippen molar-refractivity contribution in [2.75, 3.05) is 37.6 Å². The van der Waals surface area contributed by atoms with Crippen LogP contribution in [-0.2, 0) is 0 Å². The Labute approximate surface area is 113 Å². The molecule has 0 aromatic heterocycles.